The maximum atomic E-state index is 2.37. The summed E-state index contributed by atoms with van der Waals surface area (Å²) in [5.74, 6) is 19.0. The van der Waals surface area contributed by atoms with Crippen molar-refractivity contribution in [2.24, 2.45) is 41.2 Å². The Labute approximate surface area is 603 Å². The van der Waals surface area contributed by atoms with E-state index in [0.29, 0.717) is 46.1 Å². The molecule has 10 aromatic rings. The molecule has 506 valence electrons. The van der Waals surface area contributed by atoms with Crippen LogP contribution < -0.4 is 99.1 Å². The summed E-state index contributed by atoms with van der Waals surface area (Å²) in [6.45, 7) is 30.6. The molecule has 0 aliphatic carbocycles. The lowest BCUT2D eigenvalue weighted by molar-refractivity contribution is -0.658. The first-order chi connectivity index (χ1) is 48.5. The smallest absolute Gasteiger partial charge is 0.293 e. The highest BCUT2D eigenvalue weighted by atomic mass is 15.2. The number of nitrogens with zero attached hydrogens (tertiary/aromatic N) is 10. The highest BCUT2D eigenvalue weighted by molar-refractivity contribution is 6.78. The molecule has 15 heteroatoms. The molecule has 0 spiro atoms. The SMILES string of the molecule is CB1C=c2ccccc2=CN1c1cc(C(C)C)cc[n+]1C.CB1C=c2ccccc2=CN1c1cc(C)c(C)c[n+]1C.CB1C=c2ccccc2=CN1c1cc(C)cc[n+]1C.CB1C=c2ccccc2=CN1c1cc(CC(C)C)cc[n+]1C.CB1C=c2ccccc2=CN1c1ccc(C)c[n+]1C. The number of rotatable bonds is 8. The molecule has 0 radical (unpaired) electrons. The van der Waals surface area contributed by atoms with E-state index in [9.17, 15) is 0 Å². The van der Waals surface area contributed by atoms with Crippen LogP contribution in [0.5, 0.6) is 0 Å². The average molecular weight is 1330 g/mol. The Kier molecular flexibility index (Phi) is 22.9. The molecular weight excluding hydrogens is 1230 g/mol. The first-order valence-corrected chi connectivity index (χ1v) is 36.2. The quantitative estimate of drug-likeness (QED) is 0.120. The van der Waals surface area contributed by atoms with Gasteiger partial charge in [0, 0.05) is 56.4 Å². The highest BCUT2D eigenvalue weighted by Gasteiger charge is 2.33. The van der Waals surface area contributed by atoms with Crippen LogP contribution in [0.25, 0.3) is 60.9 Å². The van der Waals surface area contributed by atoms with Gasteiger partial charge in [-0.25, -0.2) is 22.8 Å². The molecular formula is C86H102B5N10+5. The molecule has 0 amide bonds. The molecule has 10 nitrogen and oxygen atoms in total. The van der Waals surface area contributed by atoms with Crippen molar-refractivity contribution in [3.63, 3.8) is 0 Å². The Hall–Kier alpha value is -10.1. The van der Waals surface area contributed by atoms with Gasteiger partial charge in [0.2, 0.25) is 0 Å². The van der Waals surface area contributed by atoms with Gasteiger partial charge in [0.05, 0.1) is 97.2 Å². The van der Waals surface area contributed by atoms with E-state index >= 15 is 0 Å². The zero-order valence-corrected chi connectivity index (χ0v) is 63.1. The second-order valence-corrected chi connectivity index (χ2v) is 29.0. The lowest BCUT2D eigenvalue weighted by Crippen LogP contribution is -2.48. The zero-order chi connectivity index (χ0) is 71.8. The van der Waals surface area contributed by atoms with Gasteiger partial charge in [-0.15, -0.1) is 0 Å². The summed E-state index contributed by atoms with van der Waals surface area (Å²) in [7, 11) is 10.5. The monoisotopic (exact) mass is 1330 g/mol. The van der Waals surface area contributed by atoms with E-state index in [2.05, 4.69) is 439 Å². The second kappa shape index (κ2) is 32.0. The average Bonchev–Trinajstić information content (AvgIpc) is 0.808. The third kappa shape index (κ3) is 17.2. The van der Waals surface area contributed by atoms with E-state index < -0.39 is 0 Å². The summed E-state index contributed by atoms with van der Waals surface area (Å²) < 4.78 is 11.0. The Morgan fingerprint density at radius 2 is 0.634 bits per heavy atom. The van der Waals surface area contributed by atoms with Crippen LogP contribution in [0.2, 0.25) is 34.1 Å². The van der Waals surface area contributed by atoms with Gasteiger partial charge >= 0.3 is 34.2 Å². The van der Waals surface area contributed by atoms with Crippen LogP contribution in [0.15, 0.2) is 207 Å². The summed E-state index contributed by atoms with van der Waals surface area (Å²) >= 11 is 0. The minimum absolute atomic E-state index is 0.355. The van der Waals surface area contributed by atoms with Crippen molar-refractivity contribution in [3.05, 3.63) is 292 Å². The molecule has 0 atom stereocenters. The lowest BCUT2D eigenvalue weighted by atomic mass is 9.61. The van der Waals surface area contributed by atoms with Gasteiger partial charge in [-0.3, -0.25) is 24.1 Å². The Bertz CT molecular complexity index is 5370. The molecule has 5 aromatic carbocycles. The molecule has 0 N–H and O–H groups in total. The van der Waals surface area contributed by atoms with Gasteiger partial charge in [-0.1, -0.05) is 179 Å². The molecule has 0 unspecified atom stereocenters. The third-order valence-electron chi connectivity index (χ3n) is 19.9. The van der Waals surface area contributed by atoms with E-state index in [1.807, 2.05) is 0 Å². The highest BCUT2D eigenvalue weighted by Crippen LogP contribution is 2.22. The van der Waals surface area contributed by atoms with E-state index in [0.717, 1.165) is 6.42 Å². The second-order valence-electron chi connectivity index (χ2n) is 29.0. The van der Waals surface area contributed by atoms with Crippen LogP contribution in [-0.4, -0.2) is 34.2 Å². The Balaban J connectivity index is 0.000000127. The summed E-state index contributed by atoms with van der Waals surface area (Å²) in [6.07, 6.45) is 23.2. The van der Waals surface area contributed by atoms with Crippen molar-refractivity contribution in [3.8, 4) is 0 Å². The van der Waals surface area contributed by atoms with Gasteiger partial charge in [-0.2, -0.15) is 0 Å². The van der Waals surface area contributed by atoms with Crippen molar-refractivity contribution in [2.45, 2.75) is 102 Å². The van der Waals surface area contributed by atoms with Crippen molar-refractivity contribution in [1.82, 2.24) is 0 Å². The van der Waals surface area contributed by atoms with Gasteiger partial charge in [-0.05, 0) is 164 Å². The van der Waals surface area contributed by atoms with Crippen molar-refractivity contribution in [1.29, 1.82) is 0 Å². The fraction of sp³-hybridized carbons (Fsp3) is 0.244. The topological polar surface area (TPSA) is 35.6 Å². The van der Waals surface area contributed by atoms with Crippen LogP contribution in [0.4, 0.5) is 29.1 Å². The molecule has 5 aliphatic heterocycles. The van der Waals surface area contributed by atoms with E-state index in [1.165, 1.54) is 115 Å². The fourth-order valence-electron chi connectivity index (χ4n) is 14.0. The molecule has 101 heavy (non-hydrogen) atoms. The first-order valence-electron chi connectivity index (χ1n) is 36.2. The molecule has 0 fully saturated rings. The van der Waals surface area contributed by atoms with Crippen LogP contribution in [0, 0.1) is 33.6 Å². The van der Waals surface area contributed by atoms with Gasteiger partial charge < -0.3 is 0 Å². The predicted molar refractivity (Wildman–Crippen MR) is 433 cm³/mol. The summed E-state index contributed by atoms with van der Waals surface area (Å²) in [5, 5.41) is 13.0. The maximum absolute atomic E-state index is 2.37. The number of aryl methyl sites for hydroxylation is 9. The van der Waals surface area contributed by atoms with Gasteiger partial charge in [0.25, 0.3) is 29.1 Å². The van der Waals surface area contributed by atoms with Crippen molar-refractivity contribution >= 4 is 124 Å². The largest absolute Gasteiger partial charge is 0.402 e. The van der Waals surface area contributed by atoms with Gasteiger partial charge in [0.15, 0.2) is 0 Å². The van der Waals surface area contributed by atoms with Crippen molar-refractivity contribution in [2.75, 3.05) is 24.1 Å². The Morgan fingerprint density at radius 3 is 1.01 bits per heavy atom. The van der Waals surface area contributed by atoms with Crippen molar-refractivity contribution < 1.29 is 22.8 Å². The zero-order valence-electron chi connectivity index (χ0n) is 63.1. The normalized spacial score (nSPS) is 13.7. The predicted octanol–water partition coefficient (Wildman–Crippen LogP) is 7.11. The number of anilines is 5. The van der Waals surface area contributed by atoms with Crippen LogP contribution >= 0.6 is 0 Å². The van der Waals surface area contributed by atoms with E-state index in [-0.39, 0.29) is 0 Å². The van der Waals surface area contributed by atoms with Crippen LogP contribution in [0.1, 0.15) is 67.0 Å². The molecule has 10 heterocycles. The summed E-state index contributed by atoms with van der Waals surface area (Å²) in [6, 6.07) is 62.8. The maximum Gasteiger partial charge on any atom is 0.402 e. The number of fused-ring (bicyclic) bond motifs is 5. The molecule has 5 aliphatic rings. The standard InChI is InChI=1S/C19H24BN2.C18H22BN2.C17H20BN2.2C16H18BN2/c1-15(2)11-16-9-10-21(4)19(12-16)22-14-18-8-6-5-7-17(18)13-20(22)3;1-14(2)15-9-10-20(4)18(11-15)21-13-17-8-6-5-7-16(17)12-19(21)3;1-13-9-17(19(4)11-14(13)2)20-12-16-8-6-5-7-15(16)10-18(20)3;1-13-8-9-16(18(3)11-13)19-12-15-7-5-4-6-14(15)10-17(19)2;1-13-8-9-18(3)16(10-13)19-12-15-7-5-4-6-14(15)11-17(19)2/h5-10,12-15H,11H2,1-4H3;5-14H,1-4H3;5-12H,1-4H3;2*4-12H,1-3H3/q5*+1. The molecule has 0 saturated heterocycles. The fourth-order valence-corrected chi connectivity index (χ4v) is 14.0. The number of pyridine rings is 5. The van der Waals surface area contributed by atoms with E-state index in [1.54, 1.807) is 0 Å². The molecule has 5 aromatic heterocycles. The molecule has 0 saturated carbocycles. The number of hydrogen-bond acceptors (Lipinski definition) is 5. The van der Waals surface area contributed by atoms with Crippen LogP contribution in [-0.2, 0) is 41.7 Å². The minimum Gasteiger partial charge on any atom is -0.293 e. The van der Waals surface area contributed by atoms with Crippen LogP contribution in [0.3, 0.4) is 0 Å². The minimum atomic E-state index is 0.355. The number of hydrogen-bond donors (Lipinski definition) is 0. The molecule has 0 bridgehead atoms. The lowest BCUT2D eigenvalue weighted by Gasteiger charge is -2.21. The Morgan fingerprint density at radius 1 is 0.307 bits per heavy atom. The summed E-state index contributed by atoms with van der Waals surface area (Å²) in [5.41, 5.74) is 8.00. The number of aromatic nitrogens is 5. The van der Waals surface area contributed by atoms with Gasteiger partial charge in [0.1, 0.15) is 0 Å². The van der Waals surface area contributed by atoms with E-state index in [4.69, 9.17) is 0 Å². The third-order valence-corrected chi connectivity index (χ3v) is 19.9. The number of benzene rings is 5. The first kappa shape index (κ1) is 72.1. The summed E-state index contributed by atoms with van der Waals surface area (Å²) in [4.78, 5) is 11.7. The molecule has 15 rings (SSSR count).